The van der Waals surface area contributed by atoms with Crippen LogP contribution in [0.4, 0.5) is 0 Å². The third-order valence-electron chi connectivity index (χ3n) is 5.55. The Balaban J connectivity index is 1.51. The van der Waals surface area contributed by atoms with Gasteiger partial charge in [0.25, 0.3) is 0 Å². The lowest BCUT2D eigenvalue weighted by atomic mass is 10.1. The highest BCUT2D eigenvalue weighted by molar-refractivity contribution is 5.89. The average Bonchev–Trinajstić information content (AvgIpc) is 2.91. The number of rotatable bonds is 12. The van der Waals surface area contributed by atoms with Gasteiger partial charge < -0.3 is 18.9 Å². The summed E-state index contributed by atoms with van der Waals surface area (Å²) >= 11 is 0. The van der Waals surface area contributed by atoms with Gasteiger partial charge in [-0.1, -0.05) is 48.5 Å². The first-order chi connectivity index (χ1) is 18.0. The van der Waals surface area contributed by atoms with Crippen LogP contribution in [0, 0.1) is 6.92 Å². The molecule has 0 aliphatic heterocycles. The van der Waals surface area contributed by atoms with Crippen LogP contribution >= 0.6 is 0 Å². The van der Waals surface area contributed by atoms with E-state index >= 15 is 0 Å². The molecular weight excluding hydrogens is 468 g/mol. The fraction of sp³-hybridized carbons (Fsp3) is 0.226. The summed E-state index contributed by atoms with van der Waals surface area (Å²) in [5.41, 5.74) is 4.80. The molecule has 0 N–H and O–H groups in total. The van der Waals surface area contributed by atoms with Crippen LogP contribution < -0.4 is 9.47 Å². The molecule has 0 spiro atoms. The van der Waals surface area contributed by atoms with Crippen LogP contribution in [0.15, 0.2) is 78.9 Å². The highest BCUT2D eigenvalue weighted by atomic mass is 16.5. The average molecular weight is 501 g/mol. The van der Waals surface area contributed by atoms with Crippen LogP contribution in [0.3, 0.4) is 0 Å². The van der Waals surface area contributed by atoms with Gasteiger partial charge in [-0.2, -0.15) is 0 Å². The summed E-state index contributed by atoms with van der Waals surface area (Å²) in [4.78, 5) is 24.5. The molecule has 3 aromatic carbocycles. The summed E-state index contributed by atoms with van der Waals surface area (Å²) in [7, 11) is 3.35. The van der Waals surface area contributed by atoms with Gasteiger partial charge in [-0.05, 0) is 77.9 Å². The number of carbonyl (C=O) groups excluding carboxylic acids is 2. The second-order valence-electron chi connectivity index (χ2n) is 8.40. The Kier molecular flexibility index (Phi) is 10.8. The number of aryl methyl sites for hydroxylation is 1. The molecule has 0 heterocycles. The normalized spacial score (nSPS) is 11.2. The Hall–Kier alpha value is -4.00. The summed E-state index contributed by atoms with van der Waals surface area (Å²) in [6.07, 6.45) is 7.84. The fourth-order valence-corrected chi connectivity index (χ4v) is 3.45. The minimum atomic E-state index is -0.497. The molecule has 37 heavy (non-hydrogen) atoms. The second kappa shape index (κ2) is 14.5. The molecule has 0 saturated heterocycles. The first-order valence-electron chi connectivity index (χ1n) is 12.0. The lowest BCUT2D eigenvalue weighted by Crippen LogP contribution is -2.06. The topological polar surface area (TPSA) is 71.1 Å². The third-order valence-corrected chi connectivity index (χ3v) is 5.55. The van der Waals surface area contributed by atoms with Crippen LogP contribution in [0.1, 0.15) is 27.8 Å². The van der Waals surface area contributed by atoms with Crippen molar-refractivity contribution in [2.45, 2.75) is 19.8 Å². The Morgan fingerprint density at radius 1 is 0.676 bits per heavy atom. The zero-order valence-electron chi connectivity index (χ0n) is 21.4. The molecule has 0 aliphatic carbocycles. The van der Waals surface area contributed by atoms with Crippen molar-refractivity contribution in [2.24, 2.45) is 0 Å². The molecule has 0 unspecified atom stereocenters. The van der Waals surface area contributed by atoms with Gasteiger partial charge in [-0.15, -0.1) is 0 Å². The van der Waals surface area contributed by atoms with Gasteiger partial charge in [0, 0.05) is 26.4 Å². The van der Waals surface area contributed by atoms with Gasteiger partial charge in [0.05, 0.1) is 13.2 Å². The van der Waals surface area contributed by atoms with E-state index in [4.69, 9.17) is 18.9 Å². The van der Waals surface area contributed by atoms with Gasteiger partial charge in [0.2, 0.25) is 0 Å². The first kappa shape index (κ1) is 27.6. The van der Waals surface area contributed by atoms with Crippen molar-refractivity contribution in [1.82, 2.24) is 0 Å². The molecule has 0 saturated carbocycles. The van der Waals surface area contributed by atoms with Crippen molar-refractivity contribution in [3.05, 3.63) is 107 Å². The van der Waals surface area contributed by atoms with E-state index in [1.165, 1.54) is 23.3 Å². The highest BCUT2D eigenvalue weighted by Gasteiger charge is 2.08. The smallest absolute Gasteiger partial charge is 0.336 e. The number of carbonyl (C=O) groups is 2. The summed E-state index contributed by atoms with van der Waals surface area (Å²) < 4.78 is 21.0. The van der Waals surface area contributed by atoms with E-state index in [2.05, 4.69) is 0 Å². The SMILES string of the molecule is COCCc1ccc(/C=C/C(=O)Oc2ccc(OC(=O)/C=C/c3ccc(CCOC)cc3)c(C)c2)cc1. The molecule has 0 aliphatic rings. The molecule has 0 aromatic heterocycles. The van der Waals surface area contributed by atoms with E-state index in [0.29, 0.717) is 30.3 Å². The Morgan fingerprint density at radius 2 is 1.16 bits per heavy atom. The first-order valence-corrected chi connectivity index (χ1v) is 12.0. The molecule has 0 atom stereocenters. The minimum Gasteiger partial charge on any atom is -0.423 e. The van der Waals surface area contributed by atoms with E-state index in [0.717, 1.165) is 24.0 Å². The standard InChI is InChI=1S/C31H32O6/c1-23-22-28(36-30(32)16-12-24-4-8-26(9-5-24)18-20-34-2)14-15-29(23)37-31(33)17-13-25-6-10-27(11-7-25)19-21-35-3/h4-17,22H,18-21H2,1-3H3/b16-12+,17-13+. The monoisotopic (exact) mass is 500 g/mol. The molecule has 6 nitrogen and oxygen atoms in total. The van der Waals surface area contributed by atoms with Crippen molar-refractivity contribution >= 4 is 24.1 Å². The quantitative estimate of drug-likeness (QED) is 0.183. The summed E-state index contributed by atoms with van der Waals surface area (Å²) in [5, 5.41) is 0. The maximum absolute atomic E-state index is 12.3. The number of hydrogen-bond acceptors (Lipinski definition) is 6. The van der Waals surface area contributed by atoms with E-state index in [9.17, 15) is 9.59 Å². The number of benzene rings is 3. The Morgan fingerprint density at radius 3 is 1.62 bits per heavy atom. The predicted octanol–water partition coefficient (Wildman–Crippen LogP) is 5.61. The molecule has 192 valence electrons. The molecule has 0 amide bonds. The van der Waals surface area contributed by atoms with Gasteiger partial charge in [0.1, 0.15) is 11.5 Å². The zero-order chi connectivity index (χ0) is 26.5. The van der Waals surface area contributed by atoms with Gasteiger partial charge in [-0.3, -0.25) is 0 Å². The number of esters is 2. The van der Waals surface area contributed by atoms with Crippen LogP contribution in [-0.4, -0.2) is 39.4 Å². The van der Waals surface area contributed by atoms with Crippen molar-refractivity contribution in [3.8, 4) is 11.5 Å². The third kappa shape index (κ3) is 9.52. The van der Waals surface area contributed by atoms with Gasteiger partial charge in [-0.25, -0.2) is 9.59 Å². The van der Waals surface area contributed by atoms with Crippen molar-refractivity contribution in [3.63, 3.8) is 0 Å². The maximum Gasteiger partial charge on any atom is 0.336 e. The molecule has 3 rings (SSSR count). The fourth-order valence-electron chi connectivity index (χ4n) is 3.45. The minimum absolute atomic E-state index is 0.367. The van der Waals surface area contributed by atoms with Crippen LogP contribution in [-0.2, 0) is 31.9 Å². The molecule has 6 heteroatoms. The maximum atomic E-state index is 12.3. The summed E-state index contributed by atoms with van der Waals surface area (Å²) in [5.74, 6) is -0.226. The zero-order valence-corrected chi connectivity index (χ0v) is 21.4. The van der Waals surface area contributed by atoms with Crippen LogP contribution in [0.2, 0.25) is 0 Å². The van der Waals surface area contributed by atoms with Crippen molar-refractivity contribution < 1.29 is 28.5 Å². The van der Waals surface area contributed by atoms with Crippen LogP contribution in [0.5, 0.6) is 11.5 Å². The van der Waals surface area contributed by atoms with Crippen molar-refractivity contribution in [2.75, 3.05) is 27.4 Å². The number of hydrogen-bond donors (Lipinski definition) is 0. The van der Waals surface area contributed by atoms with Gasteiger partial charge >= 0.3 is 11.9 Å². The largest absolute Gasteiger partial charge is 0.423 e. The highest BCUT2D eigenvalue weighted by Crippen LogP contribution is 2.24. The Labute approximate surface area is 218 Å². The second-order valence-corrected chi connectivity index (χ2v) is 8.40. The molecule has 0 fully saturated rings. The molecule has 0 radical (unpaired) electrons. The molecule has 3 aromatic rings. The van der Waals surface area contributed by atoms with Gasteiger partial charge in [0.15, 0.2) is 0 Å². The van der Waals surface area contributed by atoms with E-state index in [1.807, 2.05) is 48.5 Å². The van der Waals surface area contributed by atoms with E-state index in [-0.39, 0.29) is 0 Å². The van der Waals surface area contributed by atoms with Crippen LogP contribution in [0.25, 0.3) is 12.2 Å². The predicted molar refractivity (Wildman–Crippen MR) is 145 cm³/mol. The summed E-state index contributed by atoms with van der Waals surface area (Å²) in [6, 6.07) is 20.6. The lowest BCUT2D eigenvalue weighted by Gasteiger charge is -2.08. The lowest BCUT2D eigenvalue weighted by molar-refractivity contribution is -0.130. The van der Waals surface area contributed by atoms with E-state index < -0.39 is 11.9 Å². The molecule has 0 bridgehead atoms. The Bertz CT molecular complexity index is 1220. The number of ether oxygens (including phenoxy) is 4. The molecular formula is C31H32O6. The number of methoxy groups -OCH3 is 2. The van der Waals surface area contributed by atoms with E-state index in [1.54, 1.807) is 51.5 Å². The summed E-state index contributed by atoms with van der Waals surface area (Å²) in [6.45, 7) is 3.11. The van der Waals surface area contributed by atoms with Crippen molar-refractivity contribution in [1.29, 1.82) is 0 Å².